The Morgan fingerprint density at radius 1 is 1.22 bits per heavy atom. The molecule has 0 unspecified atom stereocenters. The van der Waals surface area contributed by atoms with Gasteiger partial charge in [-0.2, -0.15) is 0 Å². The van der Waals surface area contributed by atoms with E-state index >= 15 is 0 Å². The zero-order valence-corrected chi connectivity index (χ0v) is 14.3. The van der Waals surface area contributed by atoms with E-state index in [0.29, 0.717) is 10.2 Å². The van der Waals surface area contributed by atoms with Gasteiger partial charge in [0.15, 0.2) is 12.4 Å². The Labute approximate surface area is 145 Å². The van der Waals surface area contributed by atoms with E-state index in [9.17, 15) is 14.0 Å². The highest BCUT2D eigenvalue weighted by atomic mass is 79.9. The second-order valence-electron chi connectivity index (χ2n) is 4.47. The summed E-state index contributed by atoms with van der Waals surface area (Å²) in [4.78, 5) is 23.8. The molecule has 7 heteroatoms. The average Bonchev–Trinajstić information content (AvgIpc) is 2.52. The van der Waals surface area contributed by atoms with Gasteiger partial charge in [-0.25, -0.2) is 9.18 Å². The molecule has 0 aliphatic carbocycles. The molecule has 0 atom stereocenters. The van der Waals surface area contributed by atoms with Crippen molar-refractivity contribution in [2.24, 2.45) is 0 Å². The molecule has 0 radical (unpaired) electrons. The van der Waals surface area contributed by atoms with Gasteiger partial charge in [-0.1, -0.05) is 27.5 Å². The maximum absolute atomic E-state index is 13.6. The molecule has 0 amide bonds. The number of carbonyl (C=O) groups excluding carboxylic acids is 2. The summed E-state index contributed by atoms with van der Waals surface area (Å²) >= 11 is 9.02. The number of hydrogen-bond acceptors (Lipinski definition) is 4. The molecule has 0 saturated heterocycles. The van der Waals surface area contributed by atoms with Gasteiger partial charge in [-0.3, -0.25) is 4.79 Å². The predicted molar refractivity (Wildman–Crippen MR) is 86.7 cm³/mol. The van der Waals surface area contributed by atoms with E-state index in [4.69, 9.17) is 21.1 Å². The zero-order chi connectivity index (χ0) is 17.0. The van der Waals surface area contributed by atoms with Crippen molar-refractivity contribution in [3.05, 3.63) is 62.8 Å². The number of ketones is 1. The summed E-state index contributed by atoms with van der Waals surface area (Å²) in [6, 6.07) is 8.37. The minimum atomic E-state index is -0.914. The van der Waals surface area contributed by atoms with Crippen LogP contribution < -0.4 is 4.74 Å². The number of benzene rings is 2. The first-order valence-corrected chi connectivity index (χ1v) is 7.58. The Morgan fingerprint density at radius 2 is 1.96 bits per heavy atom. The van der Waals surface area contributed by atoms with Crippen LogP contribution in [0, 0.1) is 5.82 Å². The van der Waals surface area contributed by atoms with Gasteiger partial charge in [0.25, 0.3) is 0 Å². The second-order valence-corrected chi connectivity index (χ2v) is 5.80. The lowest BCUT2D eigenvalue weighted by Gasteiger charge is -2.07. The quantitative estimate of drug-likeness (QED) is 0.554. The molecule has 0 aliphatic heterocycles. The molecular weight excluding hydrogens is 391 g/mol. The molecule has 23 heavy (non-hydrogen) atoms. The normalized spacial score (nSPS) is 10.3. The van der Waals surface area contributed by atoms with Gasteiger partial charge in [0.1, 0.15) is 11.6 Å². The van der Waals surface area contributed by atoms with Crippen LogP contribution >= 0.6 is 27.5 Å². The lowest BCUT2D eigenvalue weighted by atomic mass is 10.1. The van der Waals surface area contributed by atoms with Crippen LogP contribution in [0.3, 0.4) is 0 Å². The van der Waals surface area contributed by atoms with Crippen molar-refractivity contribution in [3.8, 4) is 5.75 Å². The van der Waals surface area contributed by atoms with Crippen LogP contribution in [0.2, 0.25) is 5.02 Å². The number of halogens is 3. The Hall–Kier alpha value is -1.92. The van der Waals surface area contributed by atoms with E-state index in [1.54, 1.807) is 0 Å². The van der Waals surface area contributed by atoms with Crippen LogP contribution in [0.25, 0.3) is 0 Å². The summed E-state index contributed by atoms with van der Waals surface area (Å²) in [5.41, 5.74) is 0.0219. The van der Waals surface area contributed by atoms with Crippen molar-refractivity contribution in [3.63, 3.8) is 0 Å². The van der Waals surface area contributed by atoms with Crippen LogP contribution in [-0.2, 0) is 4.74 Å². The predicted octanol–water partition coefficient (Wildman–Crippen LogP) is 4.29. The molecule has 0 saturated carbocycles. The van der Waals surface area contributed by atoms with E-state index in [1.165, 1.54) is 37.4 Å². The topological polar surface area (TPSA) is 52.6 Å². The lowest BCUT2D eigenvalue weighted by Crippen LogP contribution is -2.15. The van der Waals surface area contributed by atoms with E-state index in [-0.39, 0.29) is 16.1 Å². The Kier molecular flexibility index (Phi) is 5.74. The van der Waals surface area contributed by atoms with Crippen LogP contribution in [0.4, 0.5) is 4.39 Å². The van der Waals surface area contributed by atoms with Crippen molar-refractivity contribution in [1.82, 2.24) is 0 Å². The summed E-state index contributed by atoms with van der Waals surface area (Å²) in [5.74, 6) is -1.68. The zero-order valence-electron chi connectivity index (χ0n) is 11.9. The summed E-state index contributed by atoms with van der Waals surface area (Å²) in [6.07, 6.45) is 0. The van der Waals surface area contributed by atoms with Crippen molar-refractivity contribution in [2.45, 2.75) is 0 Å². The molecular formula is C16H11BrClFO4. The smallest absolute Gasteiger partial charge is 0.341 e. The van der Waals surface area contributed by atoms with E-state index in [2.05, 4.69) is 15.9 Å². The first-order chi connectivity index (χ1) is 10.9. The Morgan fingerprint density at radius 3 is 2.57 bits per heavy atom. The van der Waals surface area contributed by atoms with Crippen molar-refractivity contribution in [2.75, 3.05) is 13.7 Å². The highest BCUT2D eigenvalue weighted by molar-refractivity contribution is 9.10. The van der Waals surface area contributed by atoms with Gasteiger partial charge in [0.2, 0.25) is 0 Å². The number of Topliss-reactive ketones (excluding diaryl/α,β-unsaturated/α-hetero) is 1. The Bertz CT molecular complexity index is 764. The van der Waals surface area contributed by atoms with Gasteiger partial charge in [-0.05, 0) is 36.4 Å². The van der Waals surface area contributed by atoms with Crippen LogP contribution in [0.5, 0.6) is 5.75 Å². The van der Waals surface area contributed by atoms with Gasteiger partial charge < -0.3 is 9.47 Å². The molecule has 4 nitrogen and oxygen atoms in total. The van der Waals surface area contributed by atoms with Gasteiger partial charge in [-0.15, -0.1) is 0 Å². The fraction of sp³-hybridized carbons (Fsp3) is 0.125. The molecule has 2 aromatic rings. The average molecular weight is 402 g/mol. The summed E-state index contributed by atoms with van der Waals surface area (Å²) in [5, 5.41) is 0.267. The molecule has 0 bridgehead atoms. The minimum Gasteiger partial charge on any atom is -0.495 e. The fourth-order valence-corrected chi connectivity index (χ4v) is 2.38. The largest absolute Gasteiger partial charge is 0.495 e. The molecule has 0 spiro atoms. The fourth-order valence-electron chi connectivity index (χ4n) is 1.79. The van der Waals surface area contributed by atoms with Gasteiger partial charge in [0.05, 0.1) is 17.7 Å². The van der Waals surface area contributed by atoms with Crippen LogP contribution in [-0.4, -0.2) is 25.5 Å². The van der Waals surface area contributed by atoms with Crippen molar-refractivity contribution >= 4 is 39.3 Å². The number of carbonyl (C=O) groups is 2. The maximum atomic E-state index is 13.6. The highest BCUT2D eigenvalue weighted by Gasteiger charge is 2.16. The van der Waals surface area contributed by atoms with E-state index in [0.717, 1.165) is 6.07 Å². The number of methoxy groups -OCH3 is 1. The van der Waals surface area contributed by atoms with E-state index < -0.39 is 24.2 Å². The summed E-state index contributed by atoms with van der Waals surface area (Å²) in [7, 11) is 1.46. The molecule has 2 aromatic carbocycles. The van der Waals surface area contributed by atoms with Gasteiger partial charge in [0, 0.05) is 10.0 Å². The molecule has 120 valence electrons. The minimum absolute atomic E-state index is 0.242. The molecule has 2 rings (SSSR count). The molecule has 0 fully saturated rings. The van der Waals surface area contributed by atoms with E-state index in [1.807, 2.05) is 0 Å². The molecule has 0 N–H and O–H groups in total. The Balaban J connectivity index is 2.04. The molecule has 0 aromatic heterocycles. The first kappa shape index (κ1) is 17.4. The third-order valence-electron chi connectivity index (χ3n) is 2.96. The monoisotopic (exact) mass is 400 g/mol. The maximum Gasteiger partial charge on any atom is 0.341 e. The van der Waals surface area contributed by atoms with Gasteiger partial charge >= 0.3 is 5.97 Å². The van der Waals surface area contributed by atoms with Crippen molar-refractivity contribution < 1.29 is 23.5 Å². The number of ether oxygens (including phenoxy) is 2. The number of esters is 1. The lowest BCUT2D eigenvalue weighted by molar-refractivity contribution is 0.0470. The van der Waals surface area contributed by atoms with Crippen LogP contribution in [0.1, 0.15) is 20.7 Å². The third-order valence-corrected chi connectivity index (χ3v) is 3.75. The SMILES string of the molecule is COc1ccc(C(=O)COC(=O)c2ccc(Br)cc2F)cc1Cl. The molecule has 0 heterocycles. The first-order valence-electron chi connectivity index (χ1n) is 6.41. The molecule has 0 aliphatic rings. The summed E-state index contributed by atoms with van der Waals surface area (Å²) < 4.78 is 24.0. The number of rotatable bonds is 5. The second kappa shape index (κ2) is 7.57. The summed E-state index contributed by atoms with van der Waals surface area (Å²) in [6.45, 7) is -0.517. The third kappa shape index (κ3) is 4.30. The highest BCUT2D eigenvalue weighted by Crippen LogP contribution is 2.25. The standard InChI is InChI=1S/C16H11BrClFO4/c1-22-15-5-2-9(6-12(15)18)14(20)8-23-16(21)11-4-3-10(17)7-13(11)19/h2-7H,8H2,1H3. The number of hydrogen-bond donors (Lipinski definition) is 0. The van der Waals surface area contributed by atoms with Crippen molar-refractivity contribution in [1.29, 1.82) is 0 Å². The van der Waals surface area contributed by atoms with Crippen LogP contribution in [0.15, 0.2) is 40.9 Å².